The van der Waals surface area contributed by atoms with E-state index in [4.69, 9.17) is 11.6 Å². The molecule has 0 aliphatic rings. The van der Waals surface area contributed by atoms with E-state index >= 15 is 0 Å². The molecule has 0 saturated carbocycles. The molecule has 0 unspecified atom stereocenters. The number of ether oxygens (including phenoxy) is 2. The normalized spacial score (nSPS) is 18.4. The van der Waals surface area contributed by atoms with Gasteiger partial charge in [0.05, 0.1) is 19.3 Å². The smallest absolute Gasteiger partial charge is 0.337 e. The highest BCUT2D eigenvalue weighted by Crippen LogP contribution is 2.10. The molecule has 4 heteroatoms. The molecule has 0 amide bonds. The van der Waals surface area contributed by atoms with Gasteiger partial charge >= 0.3 is 5.97 Å². The summed E-state index contributed by atoms with van der Waals surface area (Å²) < 4.78 is 46.6. The maximum Gasteiger partial charge on any atom is 0.337 e. The van der Waals surface area contributed by atoms with Crippen molar-refractivity contribution >= 4 is 5.97 Å². The number of benzene rings is 1. The van der Waals surface area contributed by atoms with Gasteiger partial charge in [-0.2, -0.15) is 0 Å². The molecular formula is C15H18O4. The third kappa shape index (κ3) is 4.40. The van der Waals surface area contributed by atoms with Crippen molar-refractivity contribution < 1.29 is 26.2 Å². The number of carbonyl (C=O) groups excluding carboxylic acids is 1. The van der Waals surface area contributed by atoms with Crippen LogP contribution in [0.25, 0.3) is 0 Å². The second-order valence-electron chi connectivity index (χ2n) is 3.74. The second kappa shape index (κ2) is 6.93. The summed E-state index contributed by atoms with van der Waals surface area (Å²) in [5.41, 5.74) is -1.87. The maximum atomic E-state index is 11.3. The molecule has 0 saturated heterocycles. The molecule has 0 aliphatic carbocycles. The molecule has 102 valence electrons. The number of carbonyl (C=O) groups is 1. The Morgan fingerprint density at radius 1 is 1.47 bits per heavy atom. The van der Waals surface area contributed by atoms with Gasteiger partial charge in [0.15, 0.2) is 0 Å². The molecule has 0 aromatic heterocycles. The fourth-order valence-electron chi connectivity index (χ4n) is 1.30. The van der Waals surface area contributed by atoms with Gasteiger partial charge in [0.25, 0.3) is 0 Å². The van der Waals surface area contributed by atoms with Crippen LogP contribution < -0.4 is 0 Å². The summed E-state index contributed by atoms with van der Waals surface area (Å²) in [5.74, 6) is 4.24. The Morgan fingerprint density at radius 3 is 2.68 bits per heavy atom. The van der Waals surface area contributed by atoms with E-state index in [-0.39, 0.29) is 0 Å². The average molecular weight is 267 g/mol. The zero-order valence-electron chi connectivity index (χ0n) is 15.7. The first-order valence-corrected chi connectivity index (χ1v) is 5.41. The predicted molar refractivity (Wildman–Crippen MR) is 71.8 cm³/mol. The van der Waals surface area contributed by atoms with Crippen molar-refractivity contribution in [1.29, 1.82) is 0 Å². The largest absolute Gasteiger partial charge is 0.465 e. The molecule has 1 N–H and O–H groups in total. The lowest BCUT2D eigenvalue weighted by Gasteiger charge is -2.18. The third-order valence-electron chi connectivity index (χ3n) is 2.28. The maximum absolute atomic E-state index is 11.3. The average Bonchev–Trinajstić information content (AvgIpc) is 2.51. The van der Waals surface area contributed by atoms with Crippen molar-refractivity contribution in [2.75, 3.05) is 20.8 Å². The minimum Gasteiger partial charge on any atom is -0.465 e. The number of esters is 1. The number of hydrogen-bond acceptors (Lipinski definition) is 4. The van der Waals surface area contributed by atoms with Gasteiger partial charge < -0.3 is 14.6 Å². The lowest BCUT2D eigenvalue weighted by atomic mass is 10.0. The van der Waals surface area contributed by atoms with Crippen LogP contribution in [0.2, 0.25) is 0 Å². The van der Waals surface area contributed by atoms with Crippen molar-refractivity contribution in [3.05, 3.63) is 35.4 Å². The molecule has 0 spiro atoms. The fraction of sp³-hybridized carbons (Fsp3) is 0.400. The highest BCUT2D eigenvalue weighted by Gasteiger charge is 2.21. The first kappa shape index (κ1) is 9.13. The zero-order valence-corrected chi connectivity index (χ0v) is 10.7. The van der Waals surface area contributed by atoms with E-state index in [1.165, 1.54) is 38.5 Å². The quantitative estimate of drug-likeness (QED) is 0.665. The first-order chi connectivity index (χ1) is 11.0. The van der Waals surface area contributed by atoms with Crippen molar-refractivity contribution in [1.82, 2.24) is 0 Å². The lowest BCUT2D eigenvalue weighted by molar-refractivity contribution is 0.0111. The molecule has 4 nitrogen and oxygen atoms in total. The molecule has 19 heavy (non-hydrogen) atoms. The van der Waals surface area contributed by atoms with Crippen LogP contribution in [-0.4, -0.2) is 37.5 Å². The topological polar surface area (TPSA) is 55.8 Å². The highest BCUT2D eigenvalue weighted by molar-refractivity contribution is 5.89. The SMILES string of the molecule is [2H]C([2H])([2H])C([2H])([2H])[C@@](O)(C#Cc1ccc(C(=O)OC)cc1)COC. The van der Waals surface area contributed by atoms with Crippen molar-refractivity contribution in [2.24, 2.45) is 0 Å². The van der Waals surface area contributed by atoms with Crippen LogP contribution >= 0.6 is 0 Å². The van der Waals surface area contributed by atoms with E-state index in [0.29, 0.717) is 11.1 Å². The van der Waals surface area contributed by atoms with E-state index in [1.807, 2.05) is 0 Å². The summed E-state index contributed by atoms with van der Waals surface area (Å²) >= 11 is 0. The number of aliphatic hydroxyl groups is 1. The minimum atomic E-state index is -3.09. The van der Waals surface area contributed by atoms with Crippen molar-refractivity contribution in [3.8, 4) is 11.8 Å². The van der Waals surface area contributed by atoms with E-state index in [0.717, 1.165) is 0 Å². The number of hydrogen-bond donors (Lipinski definition) is 1. The van der Waals surface area contributed by atoms with Gasteiger partial charge in [-0.3, -0.25) is 0 Å². The molecule has 1 atom stereocenters. The van der Waals surface area contributed by atoms with Gasteiger partial charge in [0, 0.05) is 19.5 Å². The lowest BCUT2D eigenvalue weighted by Crippen LogP contribution is -2.31. The molecule has 0 aliphatic heterocycles. The molecule has 0 fully saturated rings. The Bertz CT molecular complexity index is 643. The molecule has 1 rings (SSSR count). The van der Waals surface area contributed by atoms with Crippen LogP contribution in [-0.2, 0) is 9.47 Å². The Kier molecular flexibility index (Phi) is 3.33. The standard InChI is InChI=1S/C15H18O4/c1-4-15(17,11-18-2)10-9-12-5-7-13(8-6-12)14(16)19-3/h5-8,17H,4,11H2,1-3H3/t15-/m1/s1/i1D3,4D2. The third-order valence-corrected chi connectivity index (χ3v) is 2.28. The van der Waals surface area contributed by atoms with Crippen LogP contribution in [0.4, 0.5) is 0 Å². The first-order valence-electron chi connectivity index (χ1n) is 7.91. The molecule has 1 aromatic rings. The molecule has 1 aromatic carbocycles. The Hall–Kier alpha value is -1.83. The molecule has 0 radical (unpaired) electrons. The van der Waals surface area contributed by atoms with Gasteiger partial charge in [-0.1, -0.05) is 18.7 Å². The Labute approximate surface area is 120 Å². The van der Waals surface area contributed by atoms with Gasteiger partial charge in [-0.25, -0.2) is 4.79 Å². The van der Waals surface area contributed by atoms with Crippen LogP contribution in [0.5, 0.6) is 0 Å². The zero-order chi connectivity index (χ0) is 18.6. The van der Waals surface area contributed by atoms with Crippen LogP contribution in [0, 0.1) is 11.8 Å². The Balaban J connectivity index is 3.19. The highest BCUT2D eigenvalue weighted by atomic mass is 16.5. The van der Waals surface area contributed by atoms with E-state index in [2.05, 4.69) is 16.6 Å². The summed E-state index contributed by atoms with van der Waals surface area (Å²) in [6.07, 6.45) is -3.00. The van der Waals surface area contributed by atoms with Crippen LogP contribution in [0.15, 0.2) is 24.3 Å². The summed E-state index contributed by atoms with van der Waals surface area (Å²) in [7, 11) is 2.45. The fourth-order valence-corrected chi connectivity index (χ4v) is 1.30. The predicted octanol–water partition coefficient (Wildman–Crippen LogP) is 1.61. The van der Waals surface area contributed by atoms with E-state index in [1.54, 1.807) is 0 Å². The summed E-state index contributed by atoms with van der Waals surface area (Å²) in [6.45, 7) is -3.71. The summed E-state index contributed by atoms with van der Waals surface area (Å²) in [6, 6.07) is 5.84. The molecule has 0 heterocycles. The van der Waals surface area contributed by atoms with Gasteiger partial charge in [-0.15, -0.1) is 0 Å². The second-order valence-corrected chi connectivity index (χ2v) is 3.74. The minimum absolute atomic E-state index is 0.299. The summed E-state index contributed by atoms with van der Waals surface area (Å²) in [4.78, 5) is 11.3. The van der Waals surface area contributed by atoms with Crippen molar-refractivity contribution in [2.45, 2.75) is 18.8 Å². The van der Waals surface area contributed by atoms with Crippen LogP contribution in [0.1, 0.15) is 36.0 Å². The number of rotatable bonds is 4. The number of methoxy groups -OCH3 is 2. The van der Waals surface area contributed by atoms with E-state index < -0.39 is 31.4 Å². The van der Waals surface area contributed by atoms with Gasteiger partial charge in [0.1, 0.15) is 5.60 Å². The van der Waals surface area contributed by atoms with E-state index in [9.17, 15) is 9.90 Å². The van der Waals surface area contributed by atoms with Crippen molar-refractivity contribution in [3.63, 3.8) is 0 Å². The summed E-state index contributed by atoms with van der Waals surface area (Å²) in [5, 5.41) is 10.4. The van der Waals surface area contributed by atoms with Crippen LogP contribution in [0.3, 0.4) is 0 Å². The van der Waals surface area contributed by atoms with Gasteiger partial charge in [0.2, 0.25) is 0 Å². The van der Waals surface area contributed by atoms with Gasteiger partial charge in [-0.05, 0) is 30.6 Å². The molecular weight excluding hydrogens is 244 g/mol. The monoisotopic (exact) mass is 267 g/mol. The Morgan fingerprint density at radius 2 is 2.16 bits per heavy atom. The molecule has 0 bridgehead atoms.